The van der Waals surface area contributed by atoms with Crippen LogP contribution in [-0.2, 0) is 0 Å². The second-order valence-electron chi connectivity index (χ2n) is 7.10. The molecule has 2 aromatic heterocycles. The van der Waals surface area contributed by atoms with Gasteiger partial charge in [0.1, 0.15) is 5.82 Å². The monoisotopic (exact) mass is 376 g/mol. The summed E-state index contributed by atoms with van der Waals surface area (Å²) in [4.78, 5) is 23.7. The van der Waals surface area contributed by atoms with Crippen molar-refractivity contribution in [1.29, 1.82) is 0 Å². The summed E-state index contributed by atoms with van der Waals surface area (Å²) in [6, 6.07) is 13.9. The summed E-state index contributed by atoms with van der Waals surface area (Å²) in [5.41, 5.74) is 2.80. The Balaban J connectivity index is 1.58. The van der Waals surface area contributed by atoms with Gasteiger partial charge in [-0.1, -0.05) is 30.3 Å². The Hall–Kier alpha value is -3.15. The van der Waals surface area contributed by atoms with Crippen molar-refractivity contribution in [3.63, 3.8) is 0 Å². The first-order chi connectivity index (χ1) is 13.7. The lowest BCUT2D eigenvalue weighted by Gasteiger charge is -2.34. The second kappa shape index (κ2) is 7.84. The Labute approximate surface area is 164 Å². The van der Waals surface area contributed by atoms with E-state index in [1.807, 2.05) is 29.3 Å². The highest BCUT2D eigenvalue weighted by Crippen LogP contribution is 2.30. The van der Waals surface area contributed by atoms with Crippen molar-refractivity contribution < 1.29 is 9.53 Å². The van der Waals surface area contributed by atoms with E-state index in [9.17, 15) is 4.79 Å². The number of hydrogen-bond acceptors (Lipinski definition) is 4. The van der Waals surface area contributed by atoms with Crippen molar-refractivity contribution in [1.82, 2.24) is 19.4 Å². The highest BCUT2D eigenvalue weighted by atomic mass is 16.5. The number of likely N-dealkylation sites (tertiary alicyclic amines) is 1. The first kappa shape index (κ1) is 18.2. The van der Waals surface area contributed by atoms with Gasteiger partial charge >= 0.3 is 0 Å². The molecular weight excluding hydrogens is 352 g/mol. The molecule has 1 aliphatic heterocycles. The second-order valence-corrected chi connectivity index (χ2v) is 7.10. The zero-order chi connectivity index (χ0) is 19.5. The summed E-state index contributed by atoms with van der Waals surface area (Å²) in [5.74, 6) is 1.48. The Kier molecular flexibility index (Phi) is 5.10. The largest absolute Gasteiger partial charge is 0.481 e. The van der Waals surface area contributed by atoms with Crippen LogP contribution in [0.15, 0.2) is 54.9 Å². The van der Waals surface area contributed by atoms with E-state index in [4.69, 9.17) is 4.74 Å². The summed E-state index contributed by atoms with van der Waals surface area (Å²) in [6.45, 7) is 3.51. The number of aryl methyl sites for hydroxylation is 1. The van der Waals surface area contributed by atoms with Crippen molar-refractivity contribution in [2.75, 3.05) is 20.2 Å². The van der Waals surface area contributed by atoms with Gasteiger partial charge in [0.2, 0.25) is 5.88 Å². The number of benzene rings is 1. The molecule has 1 aromatic carbocycles. The van der Waals surface area contributed by atoms with Gasteiger partial charge in [-0.2, -0.15) is 0 Å². The number of imidazole rings is 1. The lowest BCUT2D eigenvalue weighted by atomic mass is 10.0. The molecule has 1 saturated heterocycles. The van der Waals surface area contributed by atoms with Gasteiger partial charge in [-0.3, -0.25) is 4.79 Å². The summed E-state index contributed by atoms with van der Waals surface area (Å²) < 4.78 is 7.36. The quantitative estimate of drug-likeness (QED) is 0.696. The lowest BCUT2D eigenvalue weighted by molar-refractivity contribution is 0.0678. The fourth-order valence-electron chi connectivity index (χ4n) is 3.87. The minimum atomic E-state index is 0.0129. The van der Waals surface area contributed by atoms with Gasteiger partial charge in [-0.15, -0.1) is 0 Å². The predicted octanol–water partition coefficient (Wildman–Crippen LogP) is 3.74. The van der Waals surface area contributed by atoms with Crippen LogP contribution >= 0.6 is 0 Å². The number of rotatable bonds is 4. The van der Waals surface area contributed by atoms with Crippen LogP contribution in [0.3, 0.4) is 0 Å². The number of pyridine rings is 1. The fourth-order valence-corrected chi connectivity index (χ4v) is 3.87. The summed E-state index contributed by atoms with van der Waals surface area (Å²) in [7, 11) is 1.57. The number of methoxy groups -OCH3 is 1. The van der Waals surface area contributed by atoms with Crippen LogP contribution in [0.4, 0.5) is 0 Å². The molecule has 1 atom stereocenters. The van der Waals surface area contributed by atoms with Gasteiger partial charge in [0.05, 0.1) is 18.7 Å². The maximum absolute atomic E-state index is 13.0. The standard InChI is InChI=1S/C22H24N4O2/c1-16-13-24-21(17-7-4-3-5-8-17)26(16)19-9-6-12-25(15-19)22(27)18-10-11-20(28-2)23-14-18/h3-5,7-8,10-11,13-14,19H,6,9,12,15H2,1-2H3. The molecule has 6 nitrogen and oxygen atoms in total. The number of carbonyl (C=O) groups excluding carboxylic acids is 1. The molecule has 0 radical (unpaired) electrons. The normalized spacial score (nSPS) is 16.8. The van der Waals surface area contributed by atoms with Crippen LogP contribution in [-0.4, -0.2) is 45.5 Å². The molecule has 3 heterocycles. The first-order valence-corrected chi connectivity index (χ1v) is 9.56. The number of piperidine rings is 1. The third kappa shape index (κ3) is 3.50. The molecule has 0 N–H and O–H groups in total. The average molecular weight is 376 g/mol. The molecule has 1 aliphatic rings. The van der Waals surface area contributed by atoms with Crippen LogP contribution in [0.2, 0.25) is 0 Å². The number of aromatic nitrogens is 3. The third-order valence-corrected chi connectivity index (χ3v) is 5.26. The average Bonchev–Trinajstić information content (AvgIpc) is 3.15. The number of carbonyl (C=O) groups is 1. The molecular formula is C22H24N4O2. The highest BCUT2D eigenvalue weighted by Gasteiger charge is 2.28. The van der Waals surface area contributed by atoms with E-state index in [2.05, 4.69) is 33.6 Å². The maximum Gasteiger partial charge on any atom is 0.255 e. The molecule has 3 aromatic rings. The molecule has 0 spiro atoms. The topological polar surface area (TPSA) is 60.2 Å². The van der Waals surface area contributed by atoms with Crippen molar-refractivity contribution >= 4 is 5.91 Å². The van der Waals surface area contributed by atoms with Gasteiger partial charge in [-0.25, -0.2) is 9.97 Å². The molecule has 1 unspecified atom stereocenters. The predicted molar refractivity (Wildman–Crippen MR) is 107 cm³/mol. The SMILES string of the molecule is COc1ccc(C(=O)N2CCCC(n3c(C)cnc3-c3ccccc3)C2)cn1. The summed E-state index contributed by atoms with van der Waals surface area (Å²) >= 11 is 0. The Morgan fingerprint density at radius 1 is 1.11 bits per heavy atom. The number of ether oxygens (including phenoxy) is 1. The van der Waals surface area contributed by atoms with Crippen LogP contribution in [0.25, 0.3) is 11.4 Å². The van der Waals surface area contributed by atoms with E-state index in [1.54, 1.807) is 25.4 Å². The fraction of sp³-hybridized carbons (Fsp3) is 0.318. The van der Waals surface area contributed by atoms with Crippen molar-refractivity contribution in [3.05, 3.63) is 66.1 Å². The first-order valence-electron chi connectivity index (χ1n) is 9.56. The van der Waals surface area contributed by atoms with E-state index < -0.39 is 0 Å². The molecule has 1 fully saturated rings. The van der Waals surface area contributed by atoms with E-state index in [-0.39, 0.29) is 11.9 Å². The molecule has 1 amide bonds. The van der Waals surface area contributed by atoms with Gasteiger partial charge in [0, 0.05) is 42.8 Å². The summed E-state index contributed by atoms with van der Waals surface area (Å²) in [6.07, 6.45) is 5.49. The Bertz CT molecular complexity index is 950. The molecule has 0 bridgehead atoms. The van der Waals surface area contributed by atoms with Gasteiger partial charge in [0.15, 0.2) is 0 Å². The van der Waals surface area contributed by atoms with E-state index in [1.165, 1.54) is 0 Å². The van der Waals surface area contributed by atoms with E-state index in [0.29, 0.717) is 18.0 Å². The van der Waals surface area contributed by atoms with Crippen molar-refractivity contribution in [2.45, 2.75) is 25.8 Å². The van der Waals surface area contributed by atoms with Crippen LogP contribution in [0.1, 0.15) is 34.9 Å². The number of hydrogen-bond donors (Lipinski definition) is 0. The van der Waals surface area contributed by atoms with Crippen molar-refractivity contribution in [2.24, 2.45) is 0 Å². The molecule has 0 aliphatic carbocycles. The van der Waals surface area contributed by atoms with Gasteiger partial charge in [-0.05, 0) is 25.8 Å². The highest BCUT2D eigenvalue weighted by molar-refractivity contribution is 5.94. The smallest absolute Gasteiger partial charge is 0.255 e. The number of amides is 1. The van der Waals surface area contributed by atoms with E-state index in [0.717, 1.165) is 36.5 Å². The Morgan fingerprint density at radius 2 is 1.93 bits per heavy atom. The molecule has 0 saturated carbocycles. The van der Waals surface area contributed by atoms with Crippen molar-refractivity contribution in [3.8, 4) is 17.3 Å². The minimum absolute atomic E-state index is 0.0129. The molecule has 6 heteroatoms. The van der Waals surface area contributed by atoms with Crippen LogP contribution in [0, 0.1) is 6.92 Å². The summed E-state index contributed by atoms with van der Waals surface area (Å²) in [5, 5.41) is 0. The Morgan fingerprint density at radius 3 is 2.64 bits per heavy atom. The number of nitrogens with zero attached hydrogens (tertiary/aromatic N) is 4. The van der Waals surface area contributed by atoms with Crippen LogP contribution < -0.4 is 4.74 Å². The maximum atomic E-state index is 13.0. The van der Waals surface area contributed by atoms with Crippen LogP contribution in [0.5, 0.6) is 5.88 Å². The minimum Gasteiger partial charge on any atom is -0.481 e. The lowest BCUT2D eigenvalue weighted by Crippen LogP contribution is -2.41. The van der Waals surface area contributed by atoms with Gasteiger partial charge in [0.25, 0.3) is 5.91 Å². The molecule has 144 valence electrons. The van der Waals surface area contributed by atoms with Gasteiger partial charge < -0.3 is 14.2 Å². The zero-order valence-electron chi connectivity index (χ0n) is 16.2. The third-order valence-electron chi connectivity index (χ3n) is 5.26. The van der Waals surface area contributed by atoms with E-state index >= 15 is 0 Å². The molecule has 28 heavy (non-hydrogen) atoms. The zero-order valence-corrected chi connectivity index (χ0v) is 16.2. The molecule has 4 rings (SSSR count).